The van der Waals surface area contributed by atoms with E-state index in [1.807, 2.05) is 0 Å². The lowest BCUT2D eigenvalue weighted by Gasteiger charge is -2.31. The monoisotopic (exact) mass is 477 g/mol. The van der Waals surface area contributed by atoms with Gasteiger partial charge in [-0.3, -0.25) is 24.3 Å². The van der Waals surface area contributed by atoms with Gasteiger partial charge in [-0.25, -0.2) is 4.98 Å². The third-order valence-electron chi connectivity index (χ3n) is 5.28. The van der Waals surface area contributed by atoms with Crippen LogP contribution in [-0.4, -0.2) is 46.7 Å². The summed E-state index contributed by atoms with van der Waals surface area (Å²) in [5.74, 6) is -0.737. The number of nitrogens with one attached hydrogen (secondary N) is 1. The van der Waals surface area contributed by atoms with Gasteiger partial charge in [0.15, 0.2) is 0 Å². The second kappa shape index (κ2) is 9.09. The van der Waals surface area contributed by atoms with Gasteiger partial charge in [-0.2, -0.15) is 13.2 Å². The number of nitro benzene ring substituents is 1. The van der Waals surface area contributed by atoms with Crippen molar-refractivity contribution < 1.29 is 27.6 Å². The number of nitrogens with zero attached hydrogens (tertiary/aromatic N) is 4. The first-order chi connectivity index (χ1) is 16.1. The Morgan fingerprint density at radius 2 is 1.91 bits per heavy atom. The Morgan fingerprint density at radius 3 is 2.59 bits per heavy atom. The molecule has 0 bridgehead atoms. The number of amides is 1. The Hall–Kier alpha value is -4.00. The number of non-ortho nitro benzene ring substituents is 1. The standard InChI is InChI=1S/C21H18F3N5O5/c22-21(23,24)13-1-4-18(27-5-7-34-8-6-27)17(9-13)26-19(30)11-28-12-25-16-10-14(29(32)33)2-3-15(16)20(28)31/h1-4,9-10,12H,5-8,11H2,(H,26,30). The Balaban J connectivity index is 1.61. The summed E-state index contributed by atoms with van der Waals surface area (Å²) in [6.45, 7) is 1.15. The highest BCUT2D eigenvalue weighted by Gasteiger charge is 2.32. The van der Waals surface area contributed by atoms with E-state index < -0.39 is 34.7 Å². The fraction of sp³-hybridized carbons (Fsp3) is 0.286. The number of carbonyl (C=O) groups is 1. The summed E-state index contributed by atoms with van der Waals surface area (Å²) in [6.07, 6.45) is -3.55. The smallest absolute Gasteiger partial charge is 0.378 e. The number of fused-ring (bicyclic) bond motifs is 1. The van der Waals surface area contributed by atoms with Crippen LogP contribution < -0.4 is 15.8 Å². The second-order valence-electron chi connectivity index (χ2n) is 7.51. The molecular formula is C21H18F3N5O5. The molecule has 1 amide bonds. The second-order valence-corrected chi connectivity index (χ2v) is 7.51. The van der Waals surface area contributed by atoms with Gasteiger partial charge in [-0.05, 0) is 24.3 Å². The number of alkyl halides is 3. The van der Waals surface area contributed by atoms with E-state index in [-0.39, 0.29) is 22.3 Å². The van der Waals surface area contributed by atoms with Crippen molar-refractivity contribution >= 4 is 33.9 Å². The summed E-state index contributed by atoms with van der Waals surface area (Å²) in [5.41, 5.74) is -1.34. The zero-order valence-corrected chi connectivity index (χ0v) is 17.5. The van der Waals surface area contributed by atoms with Gasteiger partial charge in [-0.15, -0.1) is 0 Å². The minimum atomic E-state index is -4.61. The third-order valence-corrected chi connectivity index (χ3v) is 5.28. The van der Waals surface area contributed by atoms with E-state index in [1.54, 1.807) is 4.90 Å². The van der Waals surface area contributed by atoms with E-state index in [9.17, 15) is 32.9 Å². The van der Waals surface area contributed by atoms with Crippen molar-refractivity contribution in [3.63, 3.8) is 0 Å². The van der Waals surface area contributed by atoms with Crippen molar-refractivity contribution in [2.75, 3.05) is 36.5 Å². The summed E-state index contributed by atoms with van der Waals surface area (Å²) in [5, 5.41) is 13.4. The van der Waals surface area contributed by atoms with Crippen molar-refractivity contribution in [2.24, 2.45) is 0 Å². The molecule has 178 valence electrons. The molecule has 0 aliphatic carbocycles. The molecule has 2 aromatic carbocycles. The fourth-order valence-electron chi connectivity index (χ4n) is 3.61. The molecule has 0 saturated carbocycles. The van der Waals surface area contributed by atoms with Crippen LogP contribution in [-0.2, 0) is 22.3 Å². The Bertz CT molecular complexity index is 1320. The number of benzene rings is 2. The average molecular weight is 477 g/mol. The normalized spacial score (nSPS) is 14.3. The van der Waals surface area contributed by atoms with E-state index in [1.165, 1.54) is 12.1 Å². The molecule has 3 aromatic rings. The summed E-state index contributed by atoms with van der Waals surface area (Å²) in [4.78, 5) is 41.5. The van der Waals surface area contributed by atoms with Crippen LogP contribution in [0.15, 0.2) is 47.5 Å². The molecule has 0 radical (unpaired) electrons. The van der Waals surface area contributed by atoms with Gasteiger partial charge in [0.2, 0.25) is 5.91 Å². The number of anilines is 2. The molecule has 1 aliphatic heterocycles. The van der Waals surface area contributed by atoms with Crippen LogP contribution in [0.3, 0.4) is 0 Å². The SMILES string of the molecule is O=C(Cn1cnc2cc([N+](=O)[O-])ccc2c1=O)Nc1cc(C(F)(F)F)ccc1N1CCOCC1. The van der Waals surface area contributed by atoms with Crippen molar-refractivity contribution in [1.82, 2.24) is 9.55 Å². The summed E-state index contributed by atoms with van der Waals surface area (Å²) < 4.78 is 46.0. The maximum atomic E-state index is 13.3. The molecule has 13 heteroatoms. The largest absolute Gasteiger partial charge is 0.416 e. The Kier molecular flexibility index (Phi) is 6.20. The molecule has 1 fully saturated rings. The number of rotatable bonds is 5. The van der Waals surface area contributed by atoms with Gasteiger partial charge >= 0.3 is 6.18 Å². The van der Waals surface area contributed by atoms with E-state index >= 15 is 0 Å². The molecule has 2 heterocycles. The number of halogens is 3. The van der Waals surface area contributed by atoms with Crippen LogP contribution in [0.1, 0.15) is 5.56 Å². The molecule has 0 unspecified atom stereocenters. The quantitative estimate of drug-likeness (QED) is 0.443. The van der Waals surface area contributed by atoms with E-state index in [0.717, 1.165) is 35.2 Å². The summed E-state index contributed by atoms with van der Waals surface area (Å²) in [7, 11) is 0. The first kappa shape index (κ1) is 23.2. The van der Waals surface area contributed by atoms with E-state index in [4.69, 9.17) is 4.74 Å². The topological polar surface area (TPSA) is 120 Å². The number of hydrogen-bond acceptors (Lipinski definition) is 7. The minimum Gasteiger partial charge on any atom is -0.378 e. The molecule has 10 nitrogen and oxygen atoms in total. The number of aromatic nitrogens is 2. The van der Waals surface area contributed by atoms with Crippen molar-refractivity contribution in [3.8, 4) is 0 Å². The van der Waals surface area contributed by atoms with Gasteiger partial charge in [0, 0.05) is 25.2 Å². The van der Waals surface area contributed by atoms with Crippen molar-refractivity contribution in [2.45, 2.75) is 12.7 Å². The number of ether oxygens (including phenoxy) is 1. The van der Waals surface area contributed by atoms with Gasteiger partial charge in [-0.1, -0.05) is 0 Å². The van der Waals surface area contributed by atoms with Gasteiger partial charge < -0.3 is 15.0 Å². The molecule has 4 rings (SSSR count). The van der Waals surface area contributed by atoms with Crippen molar-refractivity contribution in [3.05, 3.63) is 68.8 Å². The lowest BCUT2D eigenvalue weighted by atomic mass is 10.1. The van der Waals surface area contributed by atoms with Crippen LogP contribution in [0, 0.1) is 10.1 Å². The molecule has 1 aliphatic rings. The zero-order valence-electron chi connectivity index (χ0n) is 17.5. The number of morpholine rings is 1. The zero-order chi connectivity index (χ0) is 24.5. The van der Waals surface area contributed by atoms with Gasteiger partial charge in [0.05, 0.1) is 52.3 Å². The van der Waals surface area contributed by atoms with Crippen LogP contribution in [0.5, 0.6) is 0 Å². The first-order valence-electron chi connectivity index (χ1n) is 10.1. The Morgan fingerprint density at radius 1 is 1.18 bits per heavy atom. The lowest BCUT2D eigenvalue weighted by Crippen LogP contribution is -2.37. The molecule has 1 N–H and O–H groups in total. The molecule has 1 saturated heterocycles. The maximum absolute atomic E-state index is 13.3. The minimum absolute atomic E-state index is 0.0425. The summed E-state index contributed by atoms with van der Waals surface area (Å²) in [6, 6.07) is 6.60. The highest BCUT2D eigenvalue weighted by molar-refractivity contribution is 5.94. The summed E-state index contributed by atoms with van der Waals surface area (Å²) >= 11 is 0. The highest BCUT2D eigenvalue weighted by atomic mass is 19.4. The van der Waals surface area contributed by atoms with Crippen LogP contribution in [0.25, 0.3) is 10.9 Å². The maximum Gasteiger partial charge on any atom is 0.416 e. The van der Waals surface area contributed by atoms with Gasteiger partial charge in [0.25, 0.3) is 11.2 Å². The molecule has 0 spiro atoms. The lowest BCUT2D eigenvalue weighted by molar-refractivity contribution is -0.384. The van der Waals surface area contributed by atoms with Crippen LogP contribution >= 0.6 is 0 Å². The van der Waals surface area contributed by atoms with E-state index in [2.05, 4.69) is 10.3 Å². The predicted molar refractivity (Wildman–Crippen MR) is 116 cm³/mol. The first-order valence-corrected chi connectivity index (χ1v) is 10.1. The van der Waals surface area contributed by atoms with Gasteiger partial charge in [0.1, 0.15) is 6.54 Å². The molecular weight excluding hydrogens is 459 g/mol. The van der Waals surface area contributed by atoms with E-state index in [0.29, 0.717) is 32.0 Å². The Labute approximate surface area is 189 Å². The number of hydrogen-bond donors (Lipinski definition) is 1. The van der Waals surface area contributed by atoms with Crippen LogP contribution in [0.4, 0.5) is 30.2 Å². The number of nitro groups is 1. The highest BCUT2D eigenvalue weighted by Crippen LogP contribution is 2.35. The van der Waals surface area contributed by atoms with Crippen LogP contribution in [0.2, 0.25) is 0 Å². The molecule has 34 heavy (non-hydrogen) atoms. The average Bonchev–Trinajstić information content (AvgIpc) is 2.80. The predicted octanol–water partition coefficient (Wildman–Crippen LogP) is 2.80. The molecule has 1 aromatic heterocycles. The fourth-order valence-corrected chi connectivity index (χ4v) is 3.61. The van der Waals surface area contributed by atoms with Crippen molar-refractivity contribution in [1.29, 1.82) is 0 Å². The molecule has 0 atom stereocenters. The number of carbonyl (C=O) groups excluding carboxylic acids is 1. The third kappa shape index (κ3) is 4.83.